The van der Waals surface area contributed by atoms with Gasteiger partial charge < -0.3 is 4.98 Å². The average Bonchev–Trinajstić information content (AvgIpc) is 3.23. The fourth-order valence-corrected chi connectivity index (χ4v) is 4.76. The average molecular weight is 369 g/mol. The Labute approximate surface area is 162 Å². The van der Waals surface area contributed by atoms with Crippen LogP contribution in [0.25, 0.3) is 0 Å². The second-order valence-electron chi connectivity index (χ2n) is 8.43. The molecule has 2 aromatic rings. The van der Waals surface area contributed by atoms with Crippen LogP contribution in [0, 0.1) is 6.92 Å². The third-order valence-corrected chi connectivity index (χ3v) is 6.31. The van der Waals surface area contributed by atoms with Gasteiger partial charge >= 0.3 is 0 Å². The summed E-state index contributed by atoms with van der Waals surface area (Å²) in [6.45, 7) is 11.8. The number of aromatic amines is 1. The van der Waals surface area contributed by atoms with Crippen LogP contribution in [0.2, 0.25) is 0 Å². The van der Waals surface area contributed by atoms with Crippen LogP contribution in [0.5, 0.6) is 0 Å². The van der Waals surface area contributed by atoms with Gasteiger partial charge in [0.05, 0.1) is 23.3 Å². The Morgan fingerprint density at radius 2 is 2.04 bits per heavy atom. The Kier molecular flexibility index (Phi) is 4.95. The molecule has 2 aromatic heterocycles. The van der Waals surface area contributed by atoms with E-state index in [-0.39, 0.29) is 5.54 Å². The zero-order valence-corrected chi connectivity index (χ0v) is 17.1. The highest BCUT2D eigenvalue weighted by atomic mass is 15.3. The number of hydrogen-bond donors (Lipinski definition) is 1. The van der Waals surface area contributed by atoms with E-state index in [9.17, 15) is 0 Å². The molecule has 146 valence electrons. The number of rotatable bonds is 4. The molecular formula is C21H32N6. The minimum Gasteiger partial charge on any atom is -0.348 e. The van der Waals surface area contributed by atoms with E-state index in [1.807, 2.05) is 18.1 Å². The third kappa shape index (κ3) is 3.48. The van der Waals surface area contributed by atoms with Gasteiger partial charge in [-0.2, -0.15) is 5.10 Å². The molecule has 0 aromatic carbocycles. The maximum Gasteiger partial charge on any atom is 0.0926 e. The first-order valence-corrected chi connectivity index (χ1v) is 10.1. The normalized spacial score (nSPS) is 20.0. The summed E-state index contributed by atoms with van der Waals surface area (Å²) >= 11 is 0. The van der Waals surface area contributed by atoms with Crippen molar-refractivity contribution >= 4 is 0 Å². The number of likely N-dealkylation sites (tertiary alicyclic amines) is 1. The third-order valence-electron chi connectivity index (χ3n) is 6.31. The van der Waals surface area contributed by atoms with E-state index < -0.39 is 0 Å². The molecule has 0 unspecified atom stereocenters. The number of allylic oxidation sites excluding steroid dienone is 1. The standard InChI is InChI=1S/C21H32N6/c1-16(2)5-9-27-10-6-19-20(23-15-22-19)21(27)7-11-26(12-8-21)14-18-13-25(4)24-17(18)3/h5,13,15H,6-12,14H2,1-4H3,(H,22,23). The van der Waals surface area contributed by atoms with E-state index in [4.69, 9.17) is 4.98 Å². The van der Waals surface area contributed by atoms with Crippen molar-refractivity contribution < 1.29 is 0 Å². The molecule has 0 atom stereocenters. The van der Waals surface area contributed by atoms with Gasteiger partial charge in [0.1, 0.15) is 0 Å². The molecule has 1 fully saturated rings. The monoisotopic (exact) mass is 368 g/mol. The Morgan fingerprint density at radius 3 is 2.70 bits per heavy atom. The van der Waals surface area contributed by atoms with E-state index in [0.717, 1.165) is 57.7 Å². The number of nitrogens with one attached hydrogen (secondary N) is 1. The molecule has 0 saturated carbocycles. The number of nitrogens with zero attached hydrogens (tertiary/aromatic N) is 5. The summed E-state index contributed by atoms with van der Waals surface area (Å²) in [5, 5.41) is 4.50. The fraction of sp³-hybridized carbons (Fsp3) is 0.619. The quantitative estimate of drug-likeness (QED) is 0.843. The van der Waals surface area contributed by atoms with Crippen molar-refractivity contribution in [3.05, 3.63) is 46.8 Å². The summed E-state index contributed by atoms with van der Waals surface area (Å²) in [5.74, 6) is 0. The van der Waals surface area contributed by atoms with Crippen LogP contribution in [-0.4, -0.2) is 55.7 Å². The molecule has 6 heteroatoms. The van der Waals surface area contributed by atoms with Crippen molar-refractivity contribution in [2.45, 2.75) is 52.1 Å². The Morgan fingerprint density at radius 1 is 1.26 bits per heavy atom. The number of fused-ring (bicyclic) bond motifs is 2. The topological polar surface area (TPSA) is 53.0 Å². The number of aromatic nitrogens is 4. The van der Waals surface area contributed by atoms with Crippen LogP contribution >= 0.6 is 0 Å². The molecular weight excluding hydrogens is 336 g/mol. The van der Waals surface area contributed by atoms with Crippen molar-refractivity contribution in [3.8, 4) is 0 Å². The van der Waals surface area contributed by atoms with Gasteiger partial charge in [0.2, 0.25) is 0 Å². The first-order chi connectivity index (χ1) is 13.0. The fourth-order valence-electron chi connectivity index (χ4n) is 4.76. The summed E-state index contributed by atoms with van der Waals surface area (Å²) < 4.78 is 1.92. The predicted molar refractivity (Wildman–Crippen MR) is 107 cm³/mol. The van der Waals surface area contributed by atoms with Gasteiger partial charge in [0.15, 0.2) is 0 Å². The molecule has 1 spiro atoms. The molecule has 0 bridgehead atoms. The van der Waals surface area contributed by atoms with E-state index in [1.165, 1.54) is 22.5 Å². The van der Waals surface area contributed by atoms with Gasteiger partial charge in [-0.3, -0.25) is 14.5 Å². The molecule has 0 amide bonds. The predicted octanol–water partition coefficient (Wildman–Crippen LogP) is 2.77. The van der Waals surface area contributed by atoms with Crippen LogP contribution < -0.4 is 0 Å². The Hall–Kier alpha value is -1.92. The van der Waals surface area contributed by atoms with E-state index >= 15 is 0 Å². The first-order valence-electron chi connectivity index (χ1n) is 10.1. The van der Waals surface area contributed by atoms with Gasteiger partial charge in [-0.05, 0) is 33.6 Å². The summed E-state index contributed by atoms with van der Waals surface area (Å²) in [5.41, 5.74) is 6.62. The minimum absolute atomic E-state index is 0.0833. The molecule has 0 radical (unpaired) electrons. The van der Waals surface area contributed by atoms with Crippen LogP contribution in [0.3, 0.4) is 0 Å². The molecule has 2 aliphatic heterocycles. The van der Waals surface area contributed by atoms with Gasteiger partial charge in [-0.1, -0.05) is 11.6 Å². The smallest absolute Gasteiger partial charge is 0.0926 e. The second-order valence-corrected chi connectivity index (χ2v) is 8.43. The number of piperidine rings is 1. The summed E-state index contributed by atoms with van der Waals surface area (Å²) in [6, 6.07) is 0. The summed E-state index contributed by atoms with van der Waals surface area (Å²) in [4.78, 5) is 13.4. The molecule has 2 aliphatic rings. The molecule has 27 heavy (non-hydrogen) atoms. The highest BCUT2D eigenvalue weighted by molar-refractivity contribution is 5.27. The maximum atomic E-state index is 4.79. The molecule has 1 N–H and O–H groups in total. The SMILES string of the molecule is CC(C)=CCN1CCc2[nH]cnc2C12CCN(Cc1cn(C)nc1C)CC2. The van der Waals surface area contributed by atoms with Crippen LogP contribution in [0.1, 0.15) is 49.3 Å². The Balaban J connectivity index is 1.53. The summed E-state index contributed by atoms with van der Waals surface area (Å²) in [7, 11) is 2.00. The second kappa shape index (κ2) is 7.24. The van der Waals surface area contributed by atoms with Crippen molar-refractivity contribution in [1.82, 2.24) is 29.5 Å². The van der Waals surface area contributed by atoms with Crippen molar-refractivity contribution in [1.29, 1.82) is 0 Å². The zero-order valence-electron chi connectivity index (χ0n) is 17.1. The van der Waals surface area contributed by atoms with E-state index in [1.54, 1.807) is 0 Å². The number of hydrogen-bond acceptors (Lipinski definition) is 4. The van der Waals surface area contributed by atoms with Gasteiger partial charge in [0.25, 0.3) is 0 Å². The molecule has 0 aliphatic carbocycles. The molecule has 4 rings (SSSR count). The lowest BCUT2D eigenvalue weighted by atomic mass is 9.78. The lowest BCUT2D eigenvalue weighted by Gasteiger charge is -2.50. The lowest BCUT2D eigenvalue weighted by molar-refractivity contribution is 0.0113. The van der Waals surface area contributed by atoms with Crippen LogP contribution in [0.15, 0.2) is 24.2 Å². The number of imidazole rings is 1. The lowest BCUT2D eigenvalue weighted by Crippen LogP contribution is -2.56. The zero-order chi connectivity index (χ0) is 19.0. The van der Waals surface area contributed by atoms with Gasteiger partial charge in [-0.25, -0.2) is 4.98 Å². The van der Waals surface area contributed by atoms with Crippen LogP contribution in [-0.2, 0) is 25.6 Å². The highest BCUT2D eigenvalue weighted by Crippen LogP contribution is 2.42. The minimum atomic E-state index is 0.0833. The van der Waals surface area contributed by atoms with E-state index in [2.05, 4.69) is 52.9 Å². The molecule has 4 heterocycles. The van der Waals surface area contributed by atoms with Crippen molar-refractivity contribution in [2.24, 2.45) is 7.05 Å². The summed E-state index contributed by atoms with van der Waals surface area (Å²) in [6.07, 6.45) is 9.77. The number of aryl methyl sites for hydroxylation is 2. The van der Waals surface area contributed by atoms with Gasteiger partial charge in [-0.15, -0.1) is 0 Å². The van der Waals surface area contributed by atoms with E-state index in [0.29, 0.717) is 0 Å². The maximum absolute atomic E-state index is 4.79. The first kappa shape index (κ1) is 18.4. The Bertz CT molecular complexity index is 818. The van der Waals surface area contributed by atoms with Crippen molar-refractivity contribution in [3.63, 3.8) is 0 Å². The van der Waals surface area contributed by atoms with Gasteiger partial charge in [0, 0.05) is 63.6 Å². The molecule has 1 saturated heterocycles. The number of H-pyrrole nitrogens is 1. The largest absolute Gasteiger partial charge is 0.348 e. The van der Waals surface area contributed by atoms with Crippen molar-refractivity contribution in [2.75, 3.05) is 26.2 Å². The highest BCUT2D eigenvalue weighted by Gasteiger charge is 2.46. The van der Waals surface area contributed by atoms with Crippen LogP contribution in [0.4, 0.5) is 0 Å². The molecule has 6 nitrogen and oxygen atoms in total.